The zero-order valence-electron chi connectivity index (χ0n) is 13.2. The first-order chi connectivity index (χ1) is 11.5. The maximum Gasteiger partial charge on any atom is 0.258 e. The number of nitrogens with zero attached hydrogens (tertiary/aromatic N) is 2. The molecule has 1 saturated heterocycles. The summed E-state index contributed by atoms with van der Waals surface area (Å²) in [5, 5.41) is 10.2. The Kier molecular flexibility index (Phi) is 4.44. The summed E-state index contributed by atoms with van der Waals surface area (Å²) in [6, 6.07) is 12.0. The quantitative estimate of drug-likeness (QED) is 0.911. The minimum Gasteiger partial charge on any atom is -0.507 e. The Labute approximate surface area is 145 Å². The number of benzene rings is 2. The fraction of sp³-hybridized carbons (Fsp3) is 0.222. The molecule has 5 nitrogen and oxygen atoms in total. The van der Waals surface area contributed by atoms with Crippen LogP contribution in [0, 0.1) is 6.92 Å². The first-order valence-electron chi connectivity index (χ1n) is 7.61. The average molecular weight is 345 g/mol. The van der Waals surface area contributed by atoms with Crippen LogP contribution >= 0.6 is 11.6 Å². The number of aryl methyl sites for hydroxylation is 1. The molecule has 0 aromatic heterocycles. The maximum absolute atomic E-state index is 12.5. The van der Waals surface area contributed by atoms with Gasteiger partial charge >= 0.3 is 0 Å². The van der Waals surface area contributed by atoms with Crippen molar-refractivity contribution in [2.45, 2.75) is 6.92 Å². The molecule has 0 unspecified atom stereocenters. The number of aromatic hydroxyl groups is 1. The molecule has 1 N–H and O–H groups in total. The third-order valence-electron chi connectivity index (χ3n) is 4.10. The topological polar surface area (TPSA) is 60.9 Å². The number of phenols is 1. The summed E-state index contributed by atoms with van der Waals surface area (Å²) in [4.78, 5) is 28.2. The second-order valence-electron chi connectivity index (χ2n) is 5.72. The Morgan fingerprint density at radius 3 is 2.58 bits per heavy atom. The van der Waals surface area contributed by atoms with Gasteiger partial charge in [-0.1, -0.05) is 29.8 Å². The Morgan fingerprint density at radius 1 is 1.17 bits per heavy atom. The zero-order valence-corrected chi connectivity index (χ0v) is 14.0. The summed E-state index contributed by atoms with van der Waals surface area (Å²) in [5.74, 6) is -0.694. The van der Waals surface area contributed by atoms with Crippen LogP contribution in [0.2, 0.25) is 5.02 Å². The van der Waals surface area contributed by atoms with E-state index in [0.717, 1.165) is 11.3 Å². The summed E-state index contributed by atoms with van der Waals surface area (Å²) in [6.45, 7) is 2.76. The molecule has 0 bridgehead atoms. The van der Waals surface area contributed by atoms with E-state index in [1.165, 1.54) is 17.0 Å². The zero-order chi connectivity index (χ0) is 17.3. The van der Waals surface area contributed by atoms with Crippen molar-refractivity contribution in [3.05, 3.63) is 58.6 Å². The van der Waals surface area contributed by atoms with Crippen LogP contribution in [0.5, 0.6) is 5.75 Å². The highest BCUT2D eigenvalue weighted by atomic mass is 35.5. The predicted octanol–water partition coefficient (Wildman–Crippen LogP) is 2.84. The van der Waals surface area contributed by atoms with Crippen LogP contribution in [0.3, 0.4) is 0 Å². The van der Waals surface area contributed by atoms with Crippen molar-refractivity contribution < 1.29 is 14.7 Å². The molecule has 2 aromatic carbocycles. The van der Waals surface area contributed by atoms with Crippen LogP contribution < -0.4 is 4.90 Å². The summed E-state index contributed by atoms with van der Waals surface area (Å²) >= 11 is 5.79. The Bertz CT molecular complexity index is 807. The highest BCUT2D eigenvalue weighted by Gasteiger charge is 2.30. The fourth-order valence-electron chi connectivity index (χ4n) is 2.82. The molecular weight excluding hydrogens is 328 g/mol. The third-order valence-corrected chi connectivity index (χ3v) is 4.34. The molecule has 2 amide bonds. The van der Waals surface area contributed by atoms with E-state index in [1.54, 1.807) is 11.0 Å². The number of carbonyl (C=O) groups excluding carboxylic acids is 2. The van der Waals surface area contributed by atoms with Gasteiger partial charge in [0.05, 0.1) is 5.56 Å². The number of phenolic OH excluding ortho intramolecular Hbond substituents is 1. The monoisotopic (exact) mass is 344 g/mol. The summed E-state index contributed by atoms with van der Waals surface area (Å²) in [5.41, 5.74) is 2.03. The van der Waals surface area contributed by atoms with E-state index < -0.39 is 0 Å². The molecule has 24 heavy (non-hydrogen) atoms. The first kappa shape index (κ1) is 16.3. The predicted molar refractivity (Wildman–Crippen MR) is 92.6 cm³/mol. The fourth-order valence-corrected chi connectivity index (χ4v) is 2.99. The molecule has 1 aliphatic rings. The van der Waals surface area contributed by atoms with E-state index in [2.05, 4.69) is 0 Å². The van der Waals surface area contributed by atoms with Crippen LogP contribution in [0.25, 0.3) is 0 Å². The molecule has 2 aromatic rings. The Balaban J connectivity index is 1.77. The number of carbonyl (C=O) groups is 2. The number of anilines is 1. The van der Waals surface area contributed by atoms with Crippen LogP contribution in [0.15, 0.2) is 42.5 Å². The SMILES string of the molecule is Cc1ccccc1N1CCN(C(=O)c2ccc(Cl)cc2O)CC1=O. The van der Waals surface area contributed by atoms with Gasteiger partial charge in [0.1, 0.15) is 12.3 Å². The van der Waals surface area contributed by atoms with Crippen molar-refractivity contribution >= 4 is 29.1 Å². The van der Waals surface area contributed by atoms with Gasteiger partial charge in [0.15, 0.2) is 0 Å². The number of halogens is 1. The molecule has 1 fully saturated rings. The molecule has 6 heteroatoms. The Morgan fingerprint density at radius 2 is 1.92 bits per heavy atom. The van der Waals surface area contributed by atoms with Gasteiger partial charge in [-0.05, 0) is 36.8 Å². The van der Waals surface area contributed by atoms with Crippen molar-refractivity contribution in [1.29, 1.82) is 0 Å². The van der Waals surface area contributed by atoms with E-state index >= 15 is 0 Å². The summed E-state index contributed by atoms with van der Waals surface area (Å²) in [6.07, 6.45) is 0. The number of hydrogen-bond donors (Lipinski definition) is 1. The smallest absolute Gasteiger partial charge is 0.258 e. The average Bonchev–Trinajstić information content (AvgIpc) is 2.55. The number of piperazine rings is 1. The van der Waals surface area contributed by atoms with Crippen molar-refractivity contribution in [1.82, 2.24) is 4.90 Å². The van der Waals surface area contributed by atoms with Gasteiger partial charge < -0.3 is 14.9 Å². The number of amides is 2. The van der Waals surface area contributed by atoms with Gasteiger partial charge in [-0.2, -0.15) is 0 Å². The van der Waals surface area contributed by atoms with Gasteiger partial charge in [-0.15, -0.1) is 0 Å². The van der Waals surface area contributed by atoms with Gasteiger partial charge in [-0.3, -0.25) is 9.59 Å². The van der Waals surface area contributed by atoms with E-state index in [4.69, 9.17) is 11.6 Å². The molecular formula is C18H17ClN2O3. The van der Waals surface area contributed by atoms with Crippen molar-refractivity contribution in [2.24, 2.45) is 0 Å². The van der Waals surface area contributed by atoms with E-state index in [1.807, 2.05) is 31.2 Å². The van der Waals surface area contributed by atoms with Crippen molar-refractivity contribution in [3.63, 3.8) is 0 Å². The standard InChI is InChI=1S/C18H17ClN2O3/c1-12-4-2-3-5-15(12)21-9-8-20(11-17(21)23)18(24)14-7-6-13(19)10-16(14)22/h2-7,10,22H,8-9,11H2,1H3. The number of hydrogen-bond acceptors (Lipinski definition) is 3. The van der Waals surface area contributed by atoms with Crippen LogP contribution in [-0.2, 0) is 4.79 Å². The minimum atomic E-state index is -0.373. The summed E-state index contributed by atoms with van der Waals surface area (Å²) < 4.78 is 0. The van der Waals surface area contributed by atoms with Gasteiger partial charge in [0.25, 0.3) is 5.91 Å². The third kappa shape index (κ3) is 3.08. The Hall–Kier alpha value is -2.53. The lowest BCUT2D eigenvalue weighted by molar-refractivity contribution is -0.120. The van der Waals surface area contributed by atoms with Crippen LogP contribution in [-0.4, -0.2) is 41.5 Å². The number of rotatable bonds is 2. The largest absolute Gasteiger partial charge is 0.507 e. The molecule has 124 valence electrons. The molecule has 0 radical (unpaired) electrons. The van der Waals surface area contributed by atoms with E-state index in [0.29, 0.717) is 18.1 Å². The van der Waals surface area contributed by atoms with Crippen LogP contribution in [0.1, 0.15) is 15.9 Å². The molecule has 0 atom stereocenters. The molecule has 0 aliphatic carbocycles. The van der Waals surface area contributed by atoms with Crippen LogP contribution in [0.4, 0.5) is 5.69 Å². The lowest BCUT2D eigenvalue weighted by Crippen LogP contribution is -2.52. The lowest BCUT2D eigenvalue weighted by atomic mass is 10.1. The molecule has 3 rings (SSSR count). The van der Waals surface area contributed by atoms with Gasteiger partial charge in [0, 0.05) is 23.8 Å². The number of para-hydroxylation sites is 1. The van der Waals surface area contributed by atoms with Gasteiger partial charge in [0.2, 0.25) is 5.91 Å². The molecule has 1 aliphatic heterocycles. The molecule has 1 heterocycles. The molecule has 0 spiro atoms. The maximum atomic E-state index is 12.5. The second kappa shape index (κ2) is 6.53. The molecule has 0 saturated carbocycles. The van der Waals surface area contributed by atoms with E-state index in [9.17, 15) is 14.7 Å². The highest BCUT2D eigenvalue weighted by molar-refractivity contribution is 6.30. The highest BCUT2D eigenvalue weighted by Crippen LogP contribution is 2.25. The van der Waals surface area contributed by atoms with Gasteiger partial charge in [-0.25, -0.2) is 0 Å². The van der Waals surface area contributed by atoms with Crippen molar-refractivity contribution in [2.75, 3.05) is 24.5 Å². The lowest BCUT2D eigenvalue weighted by Gasteiger charge is -2.35. The first-order valence-corrected chi connectivity index (χ1v) is 7.99. The van der Waals surface area contributed by atoms with Crippen molar-refractivity contribution in [3.8, 4) is 5.75 Å². The second-order valence-corrected chi connectivity index (χ2v) is 6.16. The summed E-state index contributed by atoms with van der Waals surface area (Å²) in [7, 11) is 0. The van der Waals surface area contributed by atoms with E-state index in [-0.39, 0.29) is 29.7 Å². The normalized spacial score (nSPS) is 14.8. The minimum absolute atomic E-state index is 0.0186.